The van der Waals surface area contributed by atoms with E-state index in [4.69, 9.17) is 4.74 Å². The highest BCUT2D eigenvalue weighted by atomic mass is 19.1. The Morgan fingerprint density at radius 3 is 1.28 bits per heavy atom. The van der Waals surface area contributed by atoms with Gasteiger partial charge in [0.05, 0.1) is 71.3 Å². The van der Waals surface area contributed by atoms with E-state index in [1.165, 1.54) is 53.1 Å². The average molecular weight is 1370 g/mol. The van der Waals surface area contributed by atoms with E-state index in [9.17, 15) is 66.5 Å². The number of morpholine rings is 1. The van der Waals surface area contributed by atoms with Gasteiger partial charge in [0.2, 0.25) is 0 Å². The number of ketones is 3. The summed E-state index contributed by atoms with van der Waals surface area (Å²) in [5, 5.41) is 39.8. The van der Waals surface area contributed by atoms with Crippen molar-refractivity contribution in [1.29, 1.82) is 0 Å². The number of hydrogen-bond donors (Lipinski definition) is 9. The molecule has 0 unspecified atom stereocenters. The number of nitrogens with zero attached hydrogens (tertiary/aromatic N) is 4. The molecule has 6 aromatic rings. The van der Waals surface area contributed by atoms with Crippen LogP contribution in [-0.2, 0) is 40.3 Å². The predicted molar refractivity (Wildman–Crippen MR) is 365 cm³/mol. The first kappa shape index (κ1) is 73.7. The van der Waals surface area contributed by atoms with E-state index >= 15 is 0 Å². The lowest BCUT2D eigenvalue weighted by molar-refractivity contribution is -0.119. The molecule has 11 rings (SSSR count). The summed E-state index contributed by atoms with van der Waals surface area (Å²) in [6.07, 6.45) is 3.11. The number of aromatic nitrogens is 3. The van der Waals surface area contributed by atoms with Gasteiger partial charge in [-0.15, -0.1) is 0 Å². The number of rotatable bonds is 16. The molecule has 23 nitrogen and oxygen atoms in total. The number of carbonyl (C=O) groups is 9. The number of amides is 6. The Labute approximate surface area is 572 Å². The summed E-state index contributed by atoms with van der Waals surface area (Å²) in [5.74, 6) is -7.27. The highest BCUT2D eigenvalue weighted by molar-refractivity contribution is 6.44. The Balaban J connectivity index is 0.000000174. The van der Waals surface area contributed by atoms with Gasteiger partial charge in [0.25, 0.3) is 52.8 Å². The highest BCUT2D eigenvalue weighted by Crippen LogP contribution is 2.55. The van der Waals surface area contributed by atoms with Crippen molar-refractivity contribution in [2.75, 3.05) is 48.8 Å². The van der Waals surface area contributed by atoms with Crippen molar-refractivity contribution in [2.24, 2.45) is 32.5 Å². The third kappa shape index (κ3) is 15.1. The molecule has 528 valence electrons. The van der Waals surface area contributed by atoms with Crippen molar-refractivity contribution in [3.63, 3.8) is 0 Å². The van der Waals surface area contributed by atoms with Crippen LogP contribution >= 0.6 is 0 Å². The van der Waals surface area contributed by atoms with Crippen LogP contribution in [0.2, 0.25) is 0 Å². The molecule has 0 bridgehead atoms. The number of aliphatic hydroxyl groups excluding tert-OH is 2. The first-order valence-corrected chi connectivity index (χ1v) is 33.1. The Kier molecular flexibility index (Phi) is 22.3. The van der Waals surface area contributed by atoms with E-state index in [1.807, 2.05) is 0 Å². The highest BCUT2D eigenvalue weighted by Gasteiger charge is 2.56. The van der Waals surface area contributed by atoms with Gasteiger partial charge in [-0.1, -0.05) is 13.5 Å². The van der Waals surface area contributed by atoms with Gasteiger partial charge in [-0.2, -0.15) is 0 Å². The minimum Gasteiger partial charge on any atom is -0.393 e. The standard InChI is InChI=1S/C26H33FN4O4.C24H27FN4O3.C23H28FN3O5/c1-15-14-18(8-9-19(15)27)28-25(33)22-16(2)23(30(4)17(22)3)24(32)26(34)29-20-6-5-7-21(20)31-10-12-35-13-11-31;1-12-10-16(6-7-17(12)25)27-22(31)19-13(2)20(29(5)14(19)3)21(30)23(32)28-18-11-26-15(4)24(18)8-9-24;1-10-8-14(6-7-15(10)24)25-22(31)18-12(3)19(27(5)13(18)4)21(30)23(32)26-16-9-17(28)11(2)20(16)29/h8-9,14,20-21H,5-7,10-13H2,1-4H3,(H,28,33)(H,29,34);6-7,10,18,26H,4,8-9,11H2,1-3,5H3,(H,27,31)(H,28,32);6-8,11,16-17,20,28-29H,9H2,1-5H3,(H,25,31)(H,26,32)/t20-,21-;18-;11-,16-,17+,20-/m001/s1. The molecule has 3 aliphatic carbocycles. The normalized spacial score (nSPS) is 20.5. The van der Waals surface area contributed by atoms with E-state index in [0.717, 1.165) is 50.9 Å². The minimum absolute atomic E-state index is 0.0570. The third-order valence-corrected chi connectivity index (χ3v) is 20.5. The Hall–Kier alpha value is -9.50. The van der Waals surface area contributed by atoms with E-state index in [-0.39, 0.29) is 70.1 Å². The van der Waals surface area contributed by atoms with Gasteiger partial charge in [-0.25, -0.2) is 13.2 Å². The molecule has 5 aliphatic rings. The zero-order chi connectivity index (χ0) is 72.5. The predicted octanol–water partition coefficient (Wildman–Crippen LogP) is 7.57. The SMILES string of the molecule is C=C1NC[C@H](NC(=O)C(=O)c2c(C)c(C(=O)Nc3ccc(F)c(C)c3)c(C)n2C)C12CC2.Cc1cc(NC(=O)c2c(C)c(C(=O)C(=O)N[C@@H]3C[C@H](O)[C@@H](C)[C@H]3O)n(C)c2C)ccc1F.Cc1cc(NC(=O)c2c(C)c(C(=O)C(=O)N[C@H]3CCC[C@@H]3N3CCOCC3)n(C)c2C)ccc1F. The Morgan fingerprint density at radius 1 is 0.556 bits per heavy atom. The average Bonchev–Trinajstić information content (AvgIpc) is 1.59. The summed E-state index contributed by atoms with van der Waals surface area (Å²) in [4.78, 5) is 119. The van der Waals surface area contributed by atoms with Crippen LogP contribution in [0, 0.1) is 91.1 Å². The van der Waals surface area contributed by atoms with Crippen molar-refractivity contribution in [2.45, 2.75) is 144 Å². The van der Waals surface area contributed by atoms with Crippen LogP contribution in [0.5, 0.6) is 0 Å². The number of anilines is 3. The molecule has 99 heavy (non-hydrogen) atoms. The summed E-state index contributed by atoms with van der Waals surface area (Å²) in [6.45, 7) is 24.1. The maximum atomic E-state index is 13.6. The van der Waals surface area contributed by atoms with Crippen LogP contribution < -0.4 is 37.2 Å². The molecule has 5 fully saturated rings. The number of aliphatic hydroxyl groups is 2. The van der Waals surface area contributed by atoms with Crippen molar-refractivity contribution < 1.29 is 71.3 Å². The number of hydrogen-bond acceptors (Lipinski definition) is 14. The third-order valence-electron chi connectivity index (χ3n) is 20.5. The van der Waals surface area contributed by atoms with Crippen LogP contribution in [0.4, 0.5) is 30.2 Å². The molecule has 3 aromatic carbocycles. The van der Waals surface area contributed by atoms with Crippen LogP contribution in [0.25, 0.3) is 0 Å². The molecular weight excluding hydrogens is 1280 g/mol. The molecular formula is C73H88F3N11O12. The first-order chi connectivity index (χ1) is 46.7. The summed E-state index contributed by atoms with van der Waals surface area (Å²) < 4.78 is 50.7. The molecule has 6 amide bonds. The zero-order valence-electron chi connectivity index (χ0n) is 58.1. The van der Waals surface area contributed by atoms with Crippen molar-refractivity contribution in [1.82, 2.24) is 39.9 Å². The fourth-order valence-electron chi connectivity index (χ4n) is 14.3. The lowest BCUT2D eigenvalue weighted by Gasteiger charge is -2.35. The minimum atomic E-state index is -0.960. The molecule has 2 saturated heterocycles. The zero-order valence-corrected chi connectivity index (χ0v) is 58.1. The molecule has 0 radical (unpaired) electrons. The quantitative estimate of drug-likeness (QED) is 0.0334. The molecule has 1 spiro atoms. The second-order valence-corrected chi connectivity index (χ2v) is 26.7. The number of aryl methyl sites for hydroxylation is 3. The van der Waals surface area contributed by atoms with E-state index in [2.05, 4.69) is 48.7 Å². The lowest BCUT2D eigenvalue weighted by Crippen LogP contribution is -2.53. The number of ether oxygens (including phenoxy) is 1. The van der Waals surface area contributed by atoms with Gasteiger partial charge < -0.3 is 65.9 Å². The van der Waals surface area contributed by atoms with Crippen molar-refractivity contribution in [3.05, 3.63) is 169 Å². The number of benzene rings is 3. The number of halogens is 3. The number of nitrogens with one attached hydrogen (secondary N) is 7. The van der Waals surface area contributed by atoms with Gasteiger partial charge in [0, 0.05) is 104 Å². The Morgan fingerprint density at radius 2 is 0.929 bits per heavy atom. The molecule has 26 heteroatoms. The fourth-order valence-corrected chi connectivity index (χ4v) is 14.3. The summed E-state index contributed by atoms with van der Waals surface area (Å²) in [6, 6.07) is 12.0. The number of Topliss-reactive ketones (excluding diaryl/α,β-unsaturated/α-hetero) is 3. The molecule has 7 atom stereocenters. The molecule has 3 aromatic heterocycles. The van der Waals surface area contributed by atoms with Gasteiger partial charge >= 0.3 is 0 Å². The van der Waals surface area contributed by atoms with Crippen molar-refractivity contribution >= 4 is 69.9 Å². The van der Waals surface area contributed by atoms with Crippen LogP contribution in [0.15, 0.2) is 66.9 Å². The molecule has 9 N–H and O–H groups in total. The molecule has 2 aliphatic heterocycles. The maximum absolute atomic E-state index is 13.6. The second kappa shape index (κ2) is 29.9. The first-order valence-electron chi connectivity index (χ1n) is 33.1. The topological polar surface area (TPSA) is 306 Å². The summed E-state index contributed by atoms with van der Waals surface area (Å²) in [5.41, 5.74) is 7.44. The second-order valence-electron chi connectivity index (χ2n) is 26.7. The Bertz CT molecular complexity index is 4270. The number of carbonyl (C=O) groups excluding carboxylic acids is 9. The smallest absolute Gasteiger partial charge is 0.294 e. The van der Waals surface area contributed by atoms with Crippen LogP contribution in [0.1, 0.15) is 158 Å². The van der Waals surface area contributed by atoms with Gasteiger partial charge in [0.1, 0.15) is 17.5 Å². The van der Waals surface area contributed by atoms with E-state index in [1.54, 1.807) is 106 Å². The van der Waals surface area contributed by atoms with Crippen molar-refractivity contribution in [3.8, 4) is 0 Å². The monoisotopic (exact) mass is 1370 g/mol. The summed E-state index contributed by atoms with van der Waals surface area (Å²) >= 11 is 0. The fraction of sp³-hybridized carbons (Fsp3) is 0.438. The van der Waals surface area contributed by atoms with Gasteiger partial charge in [-0.05, 0) is 189 Å². The van der Waals surface area contributed by atoms with Crippen LogP contribution in [-0.4, -0.2) is 151 Å². The lowest BCUT2D eigenvalue weighted by atomic mass is 9.97. The maximum Gasteiger partial charge on any atom is 0.294 e. The van der Waals surface area contributed by atoms with E-state index in [0.29, 0.717) is 98.4 Å². The molecule has 3 saturated carbocycles. The van der Waals surface area contributed by atoms with Gasteiger partial charge in [-0.3, -0.25) is 48.1 Å². The van der Waals surface area contributed by atoms with E-state index < -0.39 is 77.0 Å². The molecule has 5 heterocycles. The van der Waals surface area contributed by atoms with Gasteiger partial charge in [0.15, 0.2) is 0 Å². The van der Waals surface area contributed by atoms with Crippen LogP contribution in [0.3, 0.4) is 0 Å². The summed E-state index contributed by atoms with van der Waals surface area (Å²) in [7, 11) is 4.91. The largest absolute Gasteiger partial charge is 0.393 e.